The number of carbonyl (C=O) groups excluding carboxylic acids is 1. The van der Waals surface area contributed by atoms with Gasteiger partial charge in [0.2, 0.25) is 0 Å². The van der Waals surface area contributed by atoms with E-state index in [9.17, 15) is 4.79 Å². The van der Waals surface area contributed by atoms with Gasteiger partial charge in [0.1, 0.15) is 5.60 Å². The molecule has 2 aliphatic heterocycles. The van der Waals surface area contributed by atoms with E-state index in [0.717, 1.165) is 45.7 Å². The van der Waals surface area contributed by atoms with Crippen LogP contribution in [0.1, 0.15) is 31.9 Å². The van der Waals surface area contributed by atoms with Gasteiger partial charge in [-0.2, -0.15) is 5.26 Å². The van der Waals surface area contributed by atoms with E-state index in [0.29, 0.717) is 25.3 Å². The van der Waals surface area contributed by atoms with Crippen LogP contribution in [-0.4, -0.2) is 92.7 Å². The summed E-state index contributed by atoms with van der Waals surface area (Å²) in [7, 11) is 0. The Hall–Kier alpha value is -2.18. The number of benzene rings is 1. The van der Waals surface area contributed by atoms with E-state index < -0.39 is 5.60 Å². The van der Waals surface area contributed by atoms with Gasteiger partial charge >= 0.3 is 6.09 Å². The van der Waals surface area contributed by atoms with Crippen LogP contribution in [0.3, 0.4) is 0 Å². The number of alkyl carbamates (subject to hydrolysis) is 1. The summed E-state index contributed by atoms with van der Waals surface area (Å²) >= 11 is 0. The van der Waals surface area contributed by atoms with Gasteiger partial charge in [-0.3, -0.25) is 9.80 Å². The second-order valence-corrected chi connectivity index (χ2v) is 9.50. The normalized spacial score (nSPS) is 21.7. The highest BCUT2D eigenvalue weighted by atomic mass is 16.6. The van der Waals surface area contributed by atoms with Gasteiger partial charge in [-0.1, -0.05) is 12.1 Å². The lowest BCUT2D eigenvalue weighted by molar-refractivity contribution is -0.140. The Kier molecular flexibility index (Phi) is 8.88. The Morgan fingerprint density at radius 3 is 2.31 bits per heavy atom. The number of morpholine rings is 2. The van der Waals surface area contributed by atoms with Crippen LogP contribution in [0.25, 0.3) is 0 Å². The highest BCUT2D eigenvalue weighted by Crippen LogP contribution is 2.18. The highest BCUT2D eigenvalue weighted by molar-refractivity contribution is 5.67. The largest absolute Gasteiger partial charge is 0.444 e. The molecule has 0 radical (unpaired) electrons. The summed E-state index contributed by atoms with van der Waals surface area (Å²) in [6, 6.07) is 9.80. The third kappa shape index (κ3) is 8.40. The summed E-state index contributed by atoms with van der Waals surface area (Å²) in [4.78, 5) is 16.6. The first kappa shape index (κ1) is 24.5. The minimum absolute atomic E-state index is 0.197. The molecule has 0 aliphatic carbocycles. The molecule has 2 aliphatic rings. The van der Waals surface area contributed by atoms with Crippen molar-refractivity contribution in [3.63, 3.8) is 0 Å². The van der Waals surface area contributed by atoms with Crippen molar-refractivity contribution >= 4 is 6.09 Å². The summed E-state index contributed by atoms with van der Waals surface area (Å²) < 4.78 is 17.2. The van der Waals surface area contributed by atoms with E-state index in [1.54, 1.807) is 0 Å². The van der Waals surface area contributed by atoms with Crippen LogP contribution in [-0.2, 0) is 20.6 Å². The van der Waals surface area contributed by atoms with Gasteiger partial charge < -0.3 is 19.5 Å². The molecule has 32 heavy (non-hydrogen) atoms. The van der Waals surface area contributed by atoms with Crippen molar-refractivity contribution in [1.82, 2.24) is 15.1 Å². The molecule has 8 heteroatoms. The topological polar surface area (TPSA) is 87.1 Å². The standard InChI is InChI=1S/C24H36N4O4/c1-24(2,3)32-23(29)26-9-10-27-15-21-17-28(18-22(16-27)31-21)11-13-30-12-8-19-4-6-20(14-25)7-5-19/h4-7,21-22H,8-13,15-18H2,1-3H3,(H,26,29). The average molecular weight is 445 g/mol. The second kappa shape index (κ2) is 11.6. The minimum atomic E-state index is -0.475. The quantitative estimate of drug-likeness (QED) is 0.583. The van der Waals surface area contributed by atoms with Crippen LogP contribution >= 0.6 is 0 Å². The molecule has 1 N–H and O–H groups in total. The first-order chi connectivity index (χ1) is 15.3. The van der Waals surface area contributed by atoms with Crippen molar-refractivity contribution in [1.29, 1.82) is 5.26 Å². The van der Waals surface area contributed by atoms with Gasteiger partial charge in [0.15, 0.2) is 0 Å². The number of nitrogens with zero attached hydrogens (tertiary/aromatic N) is 3. The lowest BCUT2D eigenvalue weighted by atomic mass is 10.1. The maximum atomic E-state index is 11.8. The lowest BCUT2D eigenvalue weighted by Crippen LogP contribution is -2.60. The molecule has 8 nitrogen and oxygen atoms in total. The molecule has 3 rings (SSSR count). The van der Waals surface area contributed by atoms with Crippen molar-refractivity contribution in [3.8, 4) is 6.07 Å². The van der Waals surface area contributed by atoms with Gasteiger partial charge in [0.25, 0.3) is 0 Å². The second-order valence-electron chi connectivity index (χ2n) is 9.50. The predicted molar refractivity (Wildman–Crippen MR) is 121 cm³/mol. The fourth-order valence-electron chi connectivity index (χ4n) is 4.09. The molecule has 2 fully saturated rings. The van der Waals surface area contributed by atoms with Crippen LogP contribution in [0.5, 0.6) is 0 Å². The summed E-state index contributed by atoms with van der Waals surface area (Å²) in [6.07, 6.45) is 0.883. The molecule has 1 aromatic rings. The SMILES string of the molecule is CC(C)(C)OC(=O)NCCN1CC2CN(CCOCCc3ccc(C#N)cc3)CC(C1)O2. The Morgan fingerprint density at radius 2 is 1.72 bits per heavy atom. The number of amides is 1. The molecule has 2 saturated heterocycles. The molecule has 2 unspecified atom stereocenters. The molecule has 176 valence electrons. The number of rotatable bonds is 9. The summed E-state index contributed by atoms with van der Waals surface area (Å²) in [5.74, 6) is 0. The Bertz CT molecular complexity index is 758. The van der Waals surface area contributed by atoms with Crippen LogP contribution < -0.4 is 5.32 Å². The molecule has 2 heterocycles. The monoisotopic (exact) mass is 444 g/mol. The number of fused-ring (bicyclic) bond motifs is 2. The molecule has 0 spiro atoms. The van der Waals surface area contributed by atoms with Gasteiger partial charge in [0.05, 0.1) is 37.1 Å². The fraction of sp³-hybridized carbons (Fsp3) is 0.667. The maximum absolute atomic E-state index is 11.8. The maximum Gasteiger partial charge on any atom is 0.407 e. The van der Waals surface area contributed by atoms with Crippen LogP contribution in [0.15, 0.2) is 24.3 Å². The molecule has 0 aromatic heterocycles. The summed E-state index contributed by atoms with van der Waals surface area (Å²) in [5.41, 5.74) is 1.40. The van der Waals surface area contributed by atoms with E-state index in [-0.39, 0.29) is 18.3 Å². The van der Waals surface area contributed by atoms with Gasteiger partial charge in [-0.25, -0.2) is 4.79 Å². The van der Waals surface area contributed by atoms with E-state index >= 15 is 0 Å². The average Bonchev–Trinajstić information content (AvgIpc) is 2.72. The van der Waals surface area contributed by atoms with Crippen molar-refractivity contribution < 1.29 is 19.0 Å². The lowest BCUT2D eigenvalue weighted by Gasteiger charge is -2.45. The van der Waals surface area contributed by atoms with Crippen molar-refractivity contribution in [2.45, 2.75) is 45.0 Å². The first-order valence-corrected chi connectivity index (χ1v) is 11.4. The van der Waals surface area contributed by atoms with Crippen molar-refractivity contribution in [3.05, 3.63) is 35.4 Å². The molecule has 2 atom stereocenters. The predicted octanol–water partition coefficient (Wildman–Crippen LogP) is 2.03. The summed E-state index contributed by atoms with van der Waals surface area (Å²) in [5, 5.41) is 11.7. The van der Waals surface area contributed by atoms with Gasteiger partial charge in [0, 0.05) is 45.8 Å². The number of hydrogen-bond donors (Lipinski definition) is 1. The summed E-state index contributed by atoms with van der Waals surface area (Å²) in [6.45, 7) is 12.8. The zero-order chi connectivity index (χ0) is 23.0. The van der Waals surface area contributed by atoms with Gasteiger partial charge in [-0.05, 0) is 44.9 Å². The first-order valence-electron chi connectivity index (χ1n) is 11.4. The zero-order valence-electron chi connectivity index (χ0n) is 19.5. The van der Waals surface area contributed by atoms with Gasteiger partial charge in [-0.15, -0.1) is 0 Å². The van der Waals surface area contributed by atoms with E-state index in [1.807, 2.05) is 45.0 Å². The third-order valence-corrected chi connectivity index (χ3v) is 5.50. The molecular formula is C24H36N4O4. The number of carbonyl (C=O) groups is 1. The number of nitriles is 1. The molecule has 2 bridgehead atoms. The third-order valence-electron chi connectivity index (χ3n) is 5.50. The number of ether oxygens (including phenoxy) is 3. The number of hydrogen-bond acceptors (Lipinski definition) is 7. The van der Waals surface area contributed by atoms with Crippen LogP contribution in [0.4, 0.5) is 4.79 Å². The molecule has 1 amide bonds. The highest BCUT2D eigenvalue weighted by Gasteiger charge is 2.34. The fourth-order valence-corrected chi connectivity index (χ4v) is 4.09. The van der Waals surface area contributed by atoms with Crippen LogP contribution in [0.2, 0.25) is 0 Å². The smallest absolute Gasteiger partial charge is 0.407 e. The van der Waals surface area contributed by atoms with Crippen molar-refractivity contribution in [2.24, 2.45) is 0 Å². The Labute approximate surface area is 191 Å². The van der Waals surface area contributed by atoms with E-state index in [4.69, 9.17) is 19.5 Å². The molecule has 1 aromatic carbocycles. The Balaban J connectivity index is 1.28. The number of nitrogens with one attached hydrogen (secondary N) is 1. The Morgan fingerprint density at radius 1 is 1.09 bits per heavy atom. The van der Waals surface area contributed by atoms with E-state index in [2.05, 4.69) is 21.2 Å². The van der Waals surface area contributed by atoms with Crippen LogP contribution in [0, 0.1) is 11.3 Å². The van der Waals surface area contributed by atoms with E-state index in [1.165, 1.54) is 5.56 Å². The minimum Gasteiger partial charge on any atom is -0.444 e. The molecular weight excluding hydrogens is 408 g/mol. The molecule has 0 saturated carbocycles. The zero-order valence-corrected chi connectivity index (χ0v) is 19.5. The van der Waals surface area contributed by atoms with Crippen molar-refractivity contribution in [2.75, 3.05) is 59.0 Å².